The van der Waals surface area contributed by atoms with Crippen molar-refractivity contribution in [2.45, 2.75) is 19.6 Å². The topological polar surface area (TPSA) is 64.7 Å². The summed E-state index contributed by atoms with van der Waals surface area (Å²) < 4.78 is 4.11. The van der Waals surface area contributed by atoms with Gasteiger partial charge in [0.15, 0.2) is 5.82 Å². The molecule has 22 heavy (non-hydrogen) atoms. The third-order valence-corrected chi connectivity index (χ3v) is 4.06. The number of hydrogen-bond acceptors (Lipinski definition) is 5. The van der Waals surface area contributed by atoms with E-state index < -0.39 is 0 Å². The zero-order valence-corrected chi connectivity index (χ0v) is 12.4. The van der Waals surface area contributed by atoms with Crippen molar-refractivity contribution >= 4 is 0 Å². The molecule has 112 valence electrons. The predicted octanol–water partition coefficient (Wildman–Crippen LogP) is 1.09. The van der Waals surface area contributed by atoms with Crippen LogP contribution in [0.25, 0.3) is 11.4 Å². The van der Waals surface area contributed by atoms with Gasteiger partial charge in [-0.1, -0.05) is 0 Å². The molecular formula is C15H17N7. The summed E-state index contributed by atoms with van der Waals surface area (Å²) in [7, 11) is 1.97. The smallest absolute Gasteiger partial charge is 0.165 e. The van der Waals surface area contributed by atoms with Crippen LogP contribution in [0.2, 0.25) is 0 Å². The molecule has 0 atom stereocenters. The van der Waals surface area contributed by atoms with Crippen LogP contribution in [0.3, 0.4) is 0 Å². The van der Waals surface area contributed by atoms with E-state index in [2.05, 4.69) is 35.8 Å². The second-order valence-corrected chi connectivity index (χ2v) is 5.49. The van der Waals surface area contributed by atoms with E-state index in [0.29, 0.717) is 0 Å². The zero-order valence-electron chi connectivity index (χ0n) is 12.4. The van der Waals surface area contributed by atoms with Crippen molar-refractivity contribution in [1.29, 1.82) is 0 Å². The first-order chi connectivity index (χ1) is 10.8. The summed E-state index contributed by atoms with van der Waals surface area (Å²) in [4.78, 5) is 6.53. The largest absolute Gasteiger partial charge is 0.309 e. The van der Waals surface area contributed by atoms with Crippen LogP contribution >= 0.6 is 0 Å². The van der Waals surface area contributed by atoms with Gasteiger partial charge in [0.2, 0.25) is 0 Å². The van der Waals surface area contributed by atoms with Crippen molar-refractivity contribution in [2.75, 3.05) is 6.54 Å². The van der Waals surface area contributed by atoms with E-state index in [-0.39, 0.29) is 0 Å². The molecule has 3 aromatic heterocycles. The number of fused-ring (bicyclic) bond motifs is 1. The lowest BCUT2D eigenvalue weighted by atomic mass is 10.2. The van der Waals surface area contributed by atoms with Gasteiger partial charge < -0.3 is 4.57 Å². The molecule has 0 N–H and O–H groups in total. The monoisotopic (exact) mass is 295 g/mol. The summed E-state index contributed by atoms with van der Waals surface area (Å²) in [6, 6.07) is 6.00. The molecule has 7 heteroatoms. The molecular weight excluding hydrogens is 278 g/mol. The quantitative estimate of drug-likeness (QED) is 0.723. The van der Waals surface area contributed by atoms with Crippen molar-refractivity contribution in [3.63, 3.8) is 0 Å². The maximum atomic E-state index is 4.36. The molecule has 0 bridgehead atoms. The van der Waals surface area contributed by atoms with Crippen LogP contribution < -0.4 is 0 Å². The Morgan fingerprint density at radius 2 is 2.09 bits per heavy atom. The summed E-state index contributed by atoms with van der Waals surface area (Å²) in [5.41, 5.74) is 2.22. The van der Waals surface area contributed by atoms with E-state index in [1.165, 1.54) is 5.69 Å². The summed E-state index contributed by atoms with van der Waals surface area (Å²) in [5, 5.41) is 12.9. The summed E-state index contributed by atoms with van der Waals surface area (Å²) in [6.07, 6.45) is 5.44. The van der Waals surface area contributed by atoms with Crippen molar-refractivity contribution in [3.05, 3.63) is 48.3 Å². The van der Waals surface area contributed by atoms with E-state index in [4.69, 9.17) is 0 Å². The Bertz CT molecular complexity index is 774. The van der Waals surface area contributed by atoms with Crippen LogP contribution in [-0.2, 0) is 26.7 Å². The standard InChI is InChI=1S/C15H17N7/c1-20-13(4-6-17-20)10-21-7-8-22-14(11-21)18-19-15(22)12-3-2-5-16-9-12/h2-6,9H,7-8,10-11H2,1H3. The van der Waals surface area contributed by atoms with Crippen molar-refractivity contribution in [3.8, 4) is 11.4 Å². The van der Waals surface area contributed by atoms with Gasteiger partial charge in [-0.25, -0.2) is 0 Å². The highest BCUT2D eigenvalue weighted by Gasteiger charge is 2.22. The number of nitrogens with zero attached hydrogens (tertiary/aromatic N) is 7. The van der Waals surface area contributed by atoms with Crippen LogP contribution in [0.5, 0.6) is 0 Å². The molecule has 0 saturated heterocycles. The first-order valence-electron chi connectivity index (χ1n) is 7.33. The minimum atomic E-state index is 0.804. The number of aryl methyl sites for hydroxylation is 1. The predicted molar refractivity (Wildman–Crippen MR) is 80.6 cm³/mol. The number of aromatic nitrogens is 6. The lowest BCUT2D eigenvalue weighted by Crippen LogP contribution is -2.34. The molecule has 0 saturated carbocycles. The van der Waals surface area contributed by atoms with Crippen molar-refractivity contribution in [1.82, 2.24) is 34.4 Å². The van der Waals surface area contributed by atoms with Gasteiger partial charge >= 0.3 is 0 Å². The Balaban J connectivity index is 1.56. The molecule has 4 heterocycles. The summed E-state index contributed by atoms with van der Waals surface area (Å²) in [6.45, 7) is 3.55. The van der Waals surface area contributed by atoms with Gasteiger partial charge in [-0.05, 0) is 18.2 Å². The molecule has 4 rings (SSSR count). The molecule has 0 aliphatic carbocycles. The summed E-state index contributed by atoms with van der Waals surface area (Å²) >= 11 is 0. The fraction of sp³-hybridized carbons (Fsp3) is 0.333. The first kappa shape index (κ1) is 13.1. The van der Waals surface area contributed by atoms with Crippen LogP contribution in [0.4, 0.5) is 0 Å². The highest BCUT2D eigenvalue weighted by atomic mass is 15.3. The molecule has 0 fully saturated rings. The van der Waals surface area contributed by atoms with Gasteiger partial charge in [-0.2, -0.15) is 5.10 Å². The first-order valence-corrected chi connectivity index (χ1v) is 7.33. The maximum absolute atomic E-state index is 4.36. The molecule has 0 radical (unpaired) electrons. The van der Waals surface area contributed by atoms with Crippen molar-refractivity contribution < 1.29 is 0 Å². The molecule has 0 aromatic carbocycles. The van der Waals surface area contributed by atoms with E-state index in [9.17, 15) is 0 Å². The van der Waals surface area contributed by atoms with Gasteiger partial charge in [-0.3, -0.25) is 14.6 Å². The lowest BCUT2D eigenvalue weighted by molar-refractivity contribution is 0.204. The van der Waals surface area contributed by atoms with Crippen LogP contribution in [-0.4, -0.2) is 41.0 Å². The molecule has 0 unspecified atom stereocenters. The second kappa shape index (κ2) is 5.34. The Hall–Kier alpha value is -2.54. The van der Waals surface area contributed by atoms with Gasteiger partial charge in [0.05, 0.1) is 12.2 Å². The minimum Gasteiger partial charge on any atom is -0.309 e. The molecule has 7 nitrogen and oxygen atoms in total. The SMILES string of the molecule is Cn1nccc1CN1CCn2c(nnc2-c2cccnc2)C1. The molecule has 0 amide bonds. The molecule has 3 aromatic rings. The van der Waals surface area contributed by atoms with Gasteiger partial charge in [0, 0.05) is 50.8 Å². The highest BCUT2D eigenvalue weighted by Crippen LogP contribution is 2.21. The maximum Gasteiger partial charge on any atom is 0.165 e. The van der Waals surface area contributed by atoms with Gasteiger partial charge in [-0.15, -0.1) is 10.2 Å². The van der Waals surface area contributed by atoms with Crippen LogP contribution in [0.1, 0.15) is 11.5 Å². The average Bonchev–Trinajstić information content (AvgIpc) is 3.15. The molecule has 0 spiro atoms. The van der Waals surface area contributed by atoms with E-state index in [0.717, 1.165) is 43.4 Å². The Morgan fingerprint density at radius 1 is 1.14 bits per heavy atom. The number of pyridine rings is 1. The fourth-order valence-electron chi connectivity index (χ4n) is 2.84. The van der Waals surface area contributed by atoms with E-state index >= 15 is 0 Å². The van der Waals surface area contributed by atoms with Crippen LogP contribution in [0, 0.1) is 0 Å². The minimum absolute atomic E-state index is 0.804. The third kappa shape index (κ3) is 2.29. The van der Waals surface area contributed by atoms with E-state index in [1.807, 2.05) is 36.3 Å². The average molecular weight is 295 g/mol. The van der Waals surface area contributed by atoms with Crippen molar-refractivity contribution in [2.24, 2.45) is 7.05 Å². The third-order valence-electron chi connectivity index (χ3n) is 4.06. The Labute approximate surface area is 128 Å². The summed E-state index contributed by atoms with van der Waals surface area (Å²) in [5.74, 6) is 1.91. The zero-order chi connectivity index (χ0) is 14.9. The van der Waals surface area contributed by atoms with Crippen LogP contribution in [0.15, 0.2) is 36.8 Å². The Kier molecular flexibility index (Phi) is 3.19. The van der Waals surface area contributed by atoms with E-state index in [1.54, 1.807) is 6.20 Å². The molecule has 1 aliphatic rings. The normalized spacial score (nSPS) is 15.0. The molecule has 1 aliphatic heterocycles. The number of rotatable bonds is 3. The number of hydrogen-bond donors (Lipinski definition) is 0. The Morgan fingerprint density at radius 3 is 2.86 bits per heavy atom. The second-order valence-electron chi connectivity index (χ2n) is 5.49. The lowest BCUT2D eigenvalue weighted by Gasteiger charge is -2.27. The fourth-order valence-corrected chi connectivity index (χ4v) is 2.84. The van der Waals surface area contributed by atoms with Gasteiger partial charge in [0.1, 0.15) is 5.82 Å². The highest BCUT2D eigenvalue weighted by molar-refractivity contribution is 5.53. The van der Waals surface area contributed by atoms with Gasteiger partial charge in [0.25, 0.3) is 0 Å².